The summed E-state index contributed by atoms with van der Waals surface area (Å²) in [6.45, 7) is 2.21. The van der Waals surface area contributed by atoms with Gasteiger partial charge in [0.25, 0.3) is 10.1 Å². The lowest BCUT2D eigenvalue weighted by Gasteiger charge is -2.44. The molecule has 35 heavy (non-hydrogen) atoms. The number of likely N-dealkylation sites (tertiary alicyclic amines) is 1. The highest BCUT2D eigenvalue weighted by atomic mass is 35.5. The maximum Gasteiger partial charge on any atom is 0.261 e. The van der Waals surface area contributed by atoms with Crippen LogP contribution in [0.15, 0.2) is 36.4 Å². The van der Waals surface area contributed by atoms with E-state index in [4.69, 9.17) is 32.5 Å². The van der Waals surface area contributed by atoms with Crippen LogP contribution in [0.1, 0.15) is 42.0 Å². The number of fused-ring (bicyclic) bond motifs is 1. The van der Waals surface area contributed by atoms with E-state index >= 15 is 0 Å². The van der Waals surface area contributed by atoms with Crippen LogP contribution in [0.5, 0.6) is 5.75 Å². The van der Waals surface area contributed by atoms with E-state index < -0.39 is 10.1 Å². The first-order valence-electron chi connectivity index (χ1n) is 11.5. The van der Waals surface area contributed by atoms with Gasteiger partial charge >= 0.3 is 0 Å². The smallest absolute Gasteiger partial charge is 0.261 e. The summed E-state index contributed by atoms with van der Waals surface area (Å²) in [6, 6.07) is 12.0. The van der Waals surface area contributed by atoms with Gasteiger partial charge in [-0.15, -0.1) is 0 Å². The molecule has 1 fully saturated rings. The molecule has 1 aliphatic heterocycles. The molecular formula is C25H32Cl2N2O5S. The predicted molar refractivity (Wildman–Crippen MR) is 139 cm³/mol. The van der Waals surface area contributed by atoms with Gasteiger partial charge < -0.3 is 9.64 Å². The zero-order valence-corrected chi connectivity index (χ0v) is 22.5. The Morgan fingerprint density at radius 1 is 1.17 bits per heavy atom. The largest absolute Gasteiger partial charge is 0.496 e. The quantitative estimate of drug-likeness (QED) is 0.553. The third-order valence-corrected chi connectivity index (χ3v) is 7.26. The second kappa shape index (κ2) is 11.9. The number of nitrogens with zero attached hydrogens (tertiary/aromatic N) is 2. The van der Waals surface area contributed by atoms with Crippen LogP contribution in [0, 0.1) is 0 Å². The van der Waals surface area contributed by atoms with Crippen molar-refractivity contribution in [2.45, 2.75) is 44.2 Å². The van der Waals surface area contributed by atoms with Crippen molar-refractivity contribution in [1.29, 1.82) is 0 Å². The molecular weight excluding hydrogens is 511 g/mol. The first-order chi connectivity index (χ1) is 16.5. The average molecular weight is 544 g/mol. The number of hydrogen-bond donors (Lipinski definition) is 1. The van der Waals surface area contributed by atoms with E-state index in [1.54, 1.807) is 19.2 Å². The standard InChI is InChI=1S/C24H28Cl2N2O2.CH4O3S/c1-27(23(29)15-16-8-10-19(25)20(26)14-16)24-18-6-5-7-22(30-2)17(18)9-11-21(24)28-12-3-4-13-28;1-5(2,3)4/h5-8,10,14,21,24H,3-4,9,11-13,15H2,1-2H3;1H3,(H,2,3,4)/t21-,24-;/m0./s1. The molecule has 1 N–H and O–H groups in total. The van der Waals surface area contributed by atoms with Crippen molar-refractivity contribution in [1.82, 2.24) is 9.80 Å². The van der Waals surface area contributed by atoms with Gasteiger partial charge in [0.1, 0.15) is 5.75 Å². The van der Waals surface area contributed by atoms with E-state index in [0.29, 0.717) is 28.8 Å². The van der Waals surface area contributed by atoms with Crippen molar-refractivity contribution in [2.75, 3.05) is 33.5 Å². The monoisotopic (exact) mass is 542 g/mol. The van der Waals surface area contributed by atoms with Crippen molar-refractivity contribution in [3.8, 4) is 5.75 Å². The minimum atomic E-state index is -3.67. The van der Waals surface area contributed by atoms with Crippen molar-refractivity contribution in [3.05, 3.63) is 63.1 Å². The van der Waals surface area contributed by atoms with E-state index in [-0.39, 0.29) is 11.9 Å². The lowest BCUT2D eigenvalue weighted by molar-refractivity contribution is -0.133. The average Bonchev–Trinajstić information content (AvgIpc) is 3.33. The van der Waals surface area contributed by atoms with E-state index in [2.05, 4.69) is 11.0 Å². The van der Waals surface area contributed by atoms with E-state index in [0.717, 1.165) is 37.2 Å². The van der Waals surface area contributed by atoms with Crippen LogP contribution < -0.4 is 4.74 Å². The summed E-state index contributed by atoms with van der Waals surface area (Å²) in [7, 11) is -0.0154. The fourth-order valence-corrected chi connectivity index (χ4v) is 5.32. The molecule has 2 atom stereocenters. The molecule has 0 unspecified atom stereocenters. The molecule has 0 radical (unpaired) electrons. The van der Waals surface area contributed by atoms with Crippen LogP contribution in [0.4, 0.5) is 0 Å². The molecule has 2 aromatic carbocycles. The molecule has 2 aliphatic rings. The first kappa shape index (κ1) is 27.7. The third kappa shape index (κ3) is 7.33. The lowest BCUT2D eigenvalue weighted by Crippen LogP contribution is -2.48. The minimum absolute atomic E-state index is 0.0113. The number of hydrogen-bond acceptors (Lipinski definition) is 5. The Bertz CT molecular complexity index is 1140. The number of halogens is 2. The summed E-state index contributed by atoms with van der Waals surface area (Å²) in [4.78, 5) is 17.8. The first-order valence-corrected chi connectivity index (χ1v) is 14.1. The molecule has 0 aromatic heterocycles. The molecule has 0 spiro atoms. The topological polar surface area (TPSA) is 87.2 Å². The predicted octanol–water partition coefficient (Wildman–Crippen LogP) is 4.66. The summed E-state index contributed by atoms with van der Waals surface area (Å²) in [5.74, 6) is 1.00. The highest BCUT2D eigenvalue weighted by molar-refractivity contribution is 7.85. The van der Waals surface area contributed by atoms with Gasteiger partial charge in [-0.2, -0.15) is 8.42 Å². The summed E-state index contributed by atoms with van der Waals surface area (Å²) in [5, 5.41) is 0.982. The van der Waals surface area contributed by atoms with Crippen LogP contribution in [0.2, 0.25) is 10.0 Å². The molecule has 192 valence electrons. The molecule has 4 rings (SSSR count). The minimum Gasteiger partial charge on any atom is -0.496 e. The van der Waals surface area contributed by atoms with Crippen LogP contribution in [-0.2, 0) is 27.8 Å². The Hall–Kier alpha value is -1.84. The maximum absolute atomic E-state index is 13.3. The number of rotatable bonds is 5. The molecule has 2 aromatic rings. The van der Waals surface area contributed by atoms with E-state index in [9.17, 15) is 13.2 Å². The van der Waals surface area contributed by atoms with Gasteiger partial charge in [-0.05, 0) is 73.7 Å². The number of carbonyl (C=O) groups is 1. The second-order valence-corrected chi connectivity index (χ2v) is 11.3. The Morgan fingerprint density at radius 3 is 2.43 bits per heavy atom. The van der Waals surface area contributed by atoms with Gasteiger partial charge in [0, 0.05) is 13.1 Å². The molecule has 1 aliphatic carbocycles. The van der Waals surface area contributed by atoms with Crippen LogP contribution >= 0.6 is 23.2 Å². The molecule has 0 saturated carbocycles. The fraction of sp³-hybridized carbons (Fsp3) is 0.480. The highest BCUT2D eigenvalue weighted by Crippen LogP contribution is 2.41. The third-order valence-electron chi connectivity index (χ3n) is 6.52. The molecule has 10 heteroatoms. The Labute approximate surface area is 217 Å². The van der Waals surface area contributed by atoms with Crippen LogP contribution in [0.25, 0.3) is 0 Å². The zero-order valence-electron chi connectivity index (χ0n) is 20.2. The second-order valence-electron chi connectivity index (χ2n) is 8.98. The van der Waals surface area contributed by atoms with Crippen molar-refractivity contribution in [2.24, 2.45) is 0 Å². The van der Waals surface area contributed by atoms with E-state index in [1.165, 1.54) is 24.0 Å². The lowest BCUT2D eigenvalue weighted by atomic mass is 9.81. The summed E-state index contributed by atoms with van der Waals surface area (Å²) in [5.41, 5.74) is 3.32. The number of carbonyl (C=O) groups excluding carboxylic acids is 1. The number of ether oxygens (including phenoxy) is 1. The fourth-order valence-electron chi connectivity index (χ4n) is 5.00. The molecule has 1 saturated heterocycles. The Morgan fingerprint density at radius 2 is 1.83 bits per heavy atom. The summed E-state index contributed by atoms with van der Waals surface area (Å²) in [6.07, 6.45) is 5.49. The summed E-state index contributed by atoms with van der Waals surface area (Å²) >= 11 is 12.2. The van der Waals surface area contributed by atoms with Gasteiger partial charge in [0.15, 0.2) is 0 Å². The van der Waals surface area contributed by atoms with Gasteiger partial charge in [-0.3, -0.25) is 14.2 Å². The van der Waals surface area contributed by atoms with Gasteiger partial charge in [-0.1, -0.05) is 41.4 Å². The number of likely N-dealkylation sites (N-methyl/N-ethyl adjacent to an activating group) is 1. The molecule has 1 heterocycles. The van der Waals surface area contributed by atoms with E-state index in [1.807, 2.05) is 30.1 Å². The van der Waals surface area contributed by atoms with Crippen molar-refractivity contribution >= 4 is 39.2 Å². The normalized spacial score (nSPS) is 19.9. The van der Waals surface area contributed by atoms with Gasteiger partial charge in [0.2, 0.25) is 5.91 Å². The van der Waals surface area contributed by atoms with Crippen LogP contribution in [0.3, 0.4) is 0 Å². The van der Waals surface area contributed by atoms with Crippen molar-refractivity contribution < 1.29 is 22.5 Å². The number of methoxy groups -OCH3 is 1. The number of amides is 1. The van der Waals surface area contributed by atoms with Crippen LogP contribution in [-0.4, -0.2) is 68.2 Å². The maximum atomic E-state index is 13.3. The molecule has 7 nitrogen and oxygen atoms in total. The van der Waals surface area contributed by atoms with Gasteiger partial charge in [0.05, 0.1) is 35.9 Å². The Kier molecular flexibility index (Phi) is 9.46. The molecule has 1 amide bonds. The SMILES string of the molecule is COc1cccc2c1CC[C@H](N1CCCC1)[C@H]2N(C)C(=O)Cc1ccc(Cl)c(Cl)c1.CS(=O)(=O)O. The highest BCUT2D eigenvalue weighted by Gasteiger charge is 2.39. The zero-order chi connectivity index (χ0) is 25.8. The van der Waals surface area contributed by atoms with Gasteiger partial charge in [-0.25, -0.2) is 0 Å². The molecule has 0 bridgehead atoms. The Balaban J connectivity index is 0.000000623. The number of benzene rings is 2. The summed E-state index contributed by atoms with van der Waals surface area (Å²) < 4.78 is 31.5. The van der Waals surface area contributed by atoms with Crippen molar-refractivity contribution in [3.63, 3.8) is 0 Å².